The Morgan fingerprint density at radius 3 is 3.00 bits per heavy atom. The molecule has 1 N–H and O–H groups in total. The fourth-order valence-corrected chi connectivity index (χ4v) is 1.72. The van der Waals surface area contributed by atoms with E-state index in [1.165, 1.54) is 0 Å². The molecule has 0 saturated carbocycles. The van der Waals surface area contributed by atoms with Crippen LogP contribution in [0.1, 0.15) is 30.7 Å². The Kier molecular flexibility index (Phi) is 4.07. The van der Waals surface area contributed by atoms with Gasteiger partial charge >= 0.3 is 0 Å². The van der Waals surface area contributed by atoms with E-state index in [0.29, 0.717) is 18.7 Å². The Hall–Kier alpha value is -1.72. The number of aliphatic hydroxyl groups excluding tert-OH is 1. The second-order valence-electron chi connectivity index (χ2n) is 4.11. The molecule has 0 saturated heterocycles. The van der Waals surface area contributed by atoms with Crippen molar-refractivity contribution in [3.63, 3.8) is 0 Å². The highest BCUT2D eigenvalue weighted by Gasteiger charge is 2.10. The topological polar surface area (TPSA) is 60.2 Å². The summed E-state index contributed by atoms with van der Waals surface area (Å²) in [4.78, 5) is 0. The van der Waals surface area contributed by atoms with Crippen molar-refractivity contribution in [2.24, 2.45) is 0 Å². The lowest BCUT2D eigenvalue weighted by atomic mass is 10.2. The van der Waals surface area contributed by atoms with Crippen molar-refractivity contribution in [2.75, 3.05) is 7.11 Å². The molecule has 0 fully saturated rings. The molecule has 1 atom stereocenters. The first kappa shape index (κ1) is 12.7. The zero-order valence-electron chi connectivity index (χ0n) is 10.6. The van der Waals surface area contributed by atoms with Crippen LogP contribution in [0, 0.1) is 0 Å². The van der Waals surface area contributed by atoms with Crippen molar-refractivity contribution in [1.29, 1.82) is 0 Å². The van der Waals surface area contributed by atoms with Gasteiger partial charge in [0.05, 0.1) is 24.6 Å². The number of methoxy groups -OCH3 is 1. The summed E-state index contributed by atoms with van der Waals surface area (Å²) < 4.78 is 6.75. The van der Waals surface area contributed by atoms with Crippen LogP contribution in [0.2, 0.25) is 0 Å². The van der Waals surface area contributed by atoms with Gasteiger partial charge in [-0.2, -0.15) is 0 Å². The molecule has 96 valence electrons. The SMILES string of the molecule is CCC(O)c1cn(-c2cccc(COC)c2)nn1. The summed E-state index contributed by atoms with van der Waals surface area (Å²) >= 11 is 0. The molecule has 0 radical (unpaired) electrons. The smallest absolute Gasteiger partial charge is 0.112 e. The molecule has 1 aromatic carbocycles. The fourth-order valence-electron chi connectivity index (χ4n) is 1.72. The third-order valence-electron chi connectivity index (χ3n) is 2.73. The quantitative estimate of drug-likeness (QED) is 0.876. The summed E-state index contributed by atoms with van der Waals surface area (Å²) in [7, 11) is 1.66. The van der Waals surface area contributed by atoms with E-state index in [4.69, 9.17) is 4.74 Å². The average molecular weight is 247 g/mol. The van der Waals surface area contributed by atoms with E-state index in [2.05, 4.69) is 10.3 Å². The summed E-state index contributed by atoms with van der Waals surface area (Å²) in [6.07, 6.45) is 1.82. The van der Waals surface area contributed by atoms with Crippen molar-refractivity contribution < 1.29 is 9.84 Å². The number of aliphatic hydroxyl groups is 1. The normalized spacial score (nSPS) is 12.6. The minimum atomic E-state index is -0.555. The zero-order valence-corrected chi connectivity index (χ0v) is 10.6. The minimum Gasteiger partial charge on any atom is -0.387 e. The predicted molar refractivity (Wildman–Crippen MR) is 67.3 cm³/mol. The average Bonchev–Trinajstić information content (AvgIpc) is 2.88. The molecule has 0 aliphatic carbocycles. The van der Waals surface area contributed by atoms with Crippen LogP contribution in [-0.4, -0.2) is 27.2 Å². The number of hydrogen-bond donors (Lipinski definition) is 1. The largest absolute Gasteiger partial charge is 0.387 e. The second kappa shape index (κ2) is 5.75. The van der Waals surface area contributed by atoms with Gasteiger partial charge in [-0.1, -0.05) is 24.3 Å². The van der Waals surface area contributed by atoms with Crippen LogP contribution < -0.4 is 0 Å². The van der Waals surface area contributed by atoms with E-state index < -0.39 is 6.10 Å². The number of nitrogens with zero attached hydrogens (tertiary/aromatic N) is 3. The maximum absolute atomic E-state index is 9.69. The van der Waals surface area contributed by atoms with Crippen LogP contribution in [0.3, 0.4) is 0 Å². The summed E-state index contributed by atoms with van der Waals surface area (Å²) in [5.41, 5.74) is 2.57. The van der Waals surface area contributed by atoms with Gasteiger partial charge in [-0.3, -0.25) is 0 Å². The van der Waals surface area contributed by atoms with Crippen LogP contribution in [0.5, 0.6) is 0 Å². The first-order chi connectivity index (χ1) is 8.74. The van der Waals surface area contributed by atoms with Gasteiger partial charge in [0.15, 0.2) is 0 Å². The first-order valence-electron chi connectivity index (χ1n) is 5.93. The number of hydrogen-bond acceptors (Lipinski definition) is 4. The van der Waals surface area contributed by atoms with Gasteiger partial charge in [0.2, 0.25) is 0 Å². The van der Waals surface area contributed by atoms with Gasteiger partial charge in [0, 0.05) is 7.11 Å². The zero-order chi connectivity index (χ0) is 13.0. The lowest BCUT2D eigenvalue weighted by molar-refractivity contribution is 0.169. The van der Waals surface area contributed by atoms with Gasteiger partial charge in [-0.15, -0.1) is 5.10 Å². The van der Waals surface area contributed by atoms with Crippen molar-refractivity contribution in [2.45, 2.75) is 26.1 Å². The molecule has 2 aromatic rings. The number of aromatic nitrogens is 3. The molecule has 0 aliphatic heterocycles. The third-order valence-corrected chi connectivity index (χ3v) is 2.73. The van der Waals surface area contributed by atoms with Gasteiger partial charge < -0.3 is 9.84 Å². The summed E-state index contributed by atoms with van der Waals surface area (Å²) in [5, 5.41) is 17.7. The number of ether oxygens (including phenoxy) is 1. The van der Waals surface area contributed by atoms with Gasteiger partial charge in [0.25, 0.3) is 0 Å². The maximum atomic E-state index is 9.69. The van der Waals surface area contributed by atoms with E-state index in [9.17, 15) is 5.11 Å². The molecule has 0 bridgehead atoms. The summed E-state index contributed by atoms with van der Waals surface area (Å²) in [6.45, 7) is 2.47. The fraction of sp³-hybridized carbons (Fsp3) is 0.385. The van der Waals surface area contributed by atoms with E-state index >= 15 is 0 Å². The molecule has 0 amide bonds. The predicted octanol–water partition coefficient (Wildman–Crippen LogP) is 1.86. The first-order valence-corrected chi connectivity index (χ1v) is 5.93. The van der Waals surface area contributed by atoms with Crippen molar-refractivity contribution in [1.82, 2.24) is 15.0 Å². The van der Waals surface area contributed by atoms with Crippen LogP contribution >= 0.6 is 0 Å². The second-order valence-corrected chi connectivity index (χ2v) is 4.11. The maximum Gasteiger partial charge on any atom is 0.112 e. The molecule has 1 unspecified atom stereocenters. The molecule has 5 heteroatoms. The lowest BCUT2D eigenvalue weighted by Gasteiger charge is -2.04. The molecular weight excluding hydrogens is 230 g/mol. The van der Waals surface area contributed by atoms with Crippen molar-refractivity contribution in [3.05, 3.63) is 41.7 Å². The summed E-state index contributed by atoms with van der Waals surface area (Å²) in [5.74, 6) is 0. The van der Waals surface area contributed by atoms with Gasteiger partial charge in [-0.05, 0) is 24.1 Å². The minimum absolute atomic E-state index is 0.555. The molecule has 1 heterocycles. The molecule has 0 spiro atoms. The van der Waals surface area contributed by atoms with E-state index in [0.717, 1.165) is 11.3 Å². The molecule has 0 aliphatic rings. The monoisotopic (exact) mass is 247 g/mol. The van der Waals surface area contributed by atoms with E-state index in [1.54, 1.807) is 18.0 Å². The van der Waals surface area contributed by atoms with Crippen LogP contribution in [0.25, 0.3) is 5.69 Å². The van der Waals surface area contributed by atoms with Crippen LogP contribution in [0.4, 0.5) is 0 Å². The van der Waals surface area contributed by atoms with E-state index in [-0.39, 0.29) is 0 Å². The standard InChI is InChI=1S/C13H17N3O2/c1-3-13(17)12-8-16(15-14-12)11-6-4-5-10(7-11)9-18-2/h4-8,13,17H,3,9H2,1-2H3. The molecule has 18 heavy (non-hydrogen) atoms. The highest BCUT2D eigenvalue weighted by molar-refractivity contribution is 5.34. The number of rotatable bonds is 5. The summed E-state index contributed by atoms with van der Waals surface area (Å²) in [6, 6.07) is 7.86. The Morgan fingerprint density at radius 1 is 1.44 bits per heavy atom. The van der Waals surface area contributed by atoms with Gasteiger partial charge in [0.1, 0.15) is 5.69 Å². The van der Waals surface area contributed by atoms with Crippen molar-refractivity contribution in [3.8, 4) is 5.69 Å². The highest BCUT2D eigenvalue weighted by atomic mass is 16.5. The Morgan fingerprint density at radius 2 is 2.28 bits per heavy atom. The van der Waals surface area contributed by atoms with Crippen LogP contribution in [0.15, 0.2) is 30.5 Å². The van der Waals surface area contributed by atoms with E-state index in [1.807, 2.05) is 31.2 Å². The molecule has 2 rings (SSSR count). The Labute approximate surface area is 106 Å². The van der Waals surface area contributed by atoms with Crippen LogP contribution in [-0.2, 0) is 11.3 Å². The Balaban J connectivity index is 2.25. The van der Waals surface area contributed by atoms with Gasteiger partial charge in [-0.25, -0.2) is 4.68 Å². The Bertz CT molecular complexity index is 510. The van der Waals surface area contributed by atoms with Crippen molar-refractivity contribution >= 4 is 0 Å². The highest BCUT2D eigenvalue weighted by Crippen LogP contribution is 2.15. The molecule has 5 nitrogen and oxygen atoms in total. The molecular formula is C13H17N3O2. The number of benzene rings is 1. The lowest BCUT2D eigenvalue weighted by Crippen LogP contribution is -1.97. The molecule has 1 aromatic heterocycles. The third kappa shape index (κ3) is 2.75.